The molecule has 0 aliphatic carbocycles. The van der Waals surface area contributed by atoms with Crippen molar-refractivity contribution in [2.45, 2.75) is 0 Å². The number of carbonyl (C=O) groups excluding carboxylic acids is 1. The summed E-state index contributed by atoms with van der Waals surface area (Å²) in [6.07, 6.45) is 1.35. The van der Waals surface area contributed by atoms with Crippen LogP contribution in [-0.2, 0) is 18.3 Å². The molecule has 0 atom stereocenters. The second kappa shape index (κ2) is 8.82. The van der Waals surface area contributed by atoms with Crippen LogP contribution < -0.4 is 0 Å². The molecule has 0 amide bonds. The SMILES string of the molecule is O=C=[N][Sn+].[SH-]. The van der Waals surface area contributed by atoms with Gasteiger partial charge in [0.25, 0.3) is 0 Å². The monoisotopic (exact) mass is 195 g/mol. The molecule has 0 fully saturated rings. The maximum absolute atomic E-state index is 8.90. The zero-order chi connectivity index (χ0) is 3.41. The number of thiol groups is 1. The number of nitrogens with zero attached hydrogens (tertiary/aromatic N) is 1. The standard InChI is InChI=1S/CNO.H2S.Sn/c2-1-3;;/h;1H2;/q-1;;+2/p-1. The van der Waals surface area contributed by atoms with Crippen molar-refractivity contribution in [2.24, 2.45) is 3.21 Å². The Kier molecular flexibility index (Phi) is 16.1. The van der Waals surface area contributed by atoms with Gasteiger partial charge in [-0.15, -0.1) is 0 Å². The molecule has 0 saturated carbocycles. The van der Waals surface area contributed by atoms with E-state index in [0.717, 1.165) is 22.8 Å². The summed E-state index contributed by atoms with van der Waals surface area (Å²) in [6, 6.07) is 0. The Morgan fingerprint density at radius 1 is 1.80 bits per heavy atom. The van der Waals surface area contributed by atoms with Crippen molar-refractivity contribution in [3.05, 3.63) is 0 Å². The topological polar surface area (TPSA) is 29.4 Å². The molecule has 0 bridgehead atoms. The third-order valence-corrected chi connectivity index (χ3v) is 0.306. The van der Waals surface area contributed by atoms with Gasteiger partial charge in [-0.1, -0.05) is 0 Å². The molecule has 26 valence electrons. The Bertz CT molecular complexity index is 49.6. The number of hydrogen-bond acceptors (Lipinski definition) is 3. The first-order chi connectivity index (χ1) is 1.91. The third kappa shape index (κ3) is 12.4. The van der Waals surface area contributed by atoms with E-state index in [0.29, 0.717) is 0 Å². The maximum atomic E-state index is 8.90. The minimum atomic E-state index is 0. The summed E-state index contributed by atoms with van der Waals surface area (Å²) in [4.78, 5) is 8.90. The van der Waals surface area contributed by atoms with E-state index in [4.69, 9.17) is 4.79 Å². The van der Waals surface area contributed by atoms with Gasteiger partial charge in [-0.05, 0) is 0 Å². The van der Waals surface area contributed by atoms with Crippen molar-refractivity contribution >= 4 is 42.4 Å². The van der Waals surface area contributed by atoms with Crippen LogP contribution in [0, 0.1) is 0 Å². The van der Waals surface area contributed by atoms with E-state index in [2.05, 4.69) is 3.21 Å². The molecular formula is CHNOSSn. The predicted molar refractivity (Wildman–Crippen MR) is 22.6 cm³/mol. The summed E-state index contributed by atoms with van der Waals surface area (Å²) in [6.45, 7) is 0. The zero-order valence-electron chi connectivity index (χ0n) is 2.30. The predicted octanol–water partition coefficient (Wildman–Crippen LogP) is -0.864. The van der Waals surface area contributed by atoms with Gasteiger partial charge in [0.15, 0.2) is 0 Å². The molecule has 0 heterocycles. The molecule has 0 saturated heterocycles. The van der Waals surface area contributed by atoms with E-state index in [1.54, 1.807) is 0 Å². The quantitative estimate of drug-likeness (QED) is 0.165. The molecule has 0 aromatic rings. The molecule has 5 heavy (non-hydrogen) atoms. The van der Waals surface area contributed by atoms with Gasteiger partial charge in [0.05, 0.1) is 0 Å². The first-order valence-corrected chi connectivity index (χ1v) is 1.93. The van der Waals surface area contributed by atoms with Crippen LogP contribution in [0.3, 0.4) is 0 Å². The fourth-order valence-corrected chi connectivity index (χ4v) is 0. The third-order valence-electron chi connectivity index (χ3n) is 0.0456. The molecule has 0 spiro atoms. The van der Waals surface area contributed by atoms with E-state index in [-0.39, 0.29) is 13.5 Å². The van der Waals surface area contributed by atoms with Gasteiger partial charge < -0.3 is 13.5 Å². The minimum absolute atomic E-state index is 0. The largest absolute Gasteiger partial charge is 0.813 e. The van der Waals surface area contributed by atoms with E-state index in [1.807, 2.05) is 0 Å². The summed E-state index contributed by atoms with van der Waals surface area (Å²) in [7, 11) is 0. The van der Waals surface area contributed by atoms with Crippen molar-refractivity contribution in [1.29, 1.82) is 0 Å². The molecule has 0 aliphatic rings. The Labute approximate surface area is 50.6 Å². The van der Waals surface area contributed by atoms with Crippen LogP contribution in [0.25, 0.3) is 0 Å². The fourth-order valence-electron chi connectivity index (χ4n) is 0. The van der Waals surface area contributed by atoms with Crippen molar-refractivity contribution in [2.75, 3.05) is 0 Å². The average molecular weight is 194 g/mol. The normalized spacial score (nSPS) is 3.20. The van der Waals surface area contributed by atoms with Crippen LogP contribution in [0.5, 0.6) is 0 Å². The zero-order valence-corrected chi connectivity index (χ0v) is 6.05. The van der Waals surface area contributed by atoms with Crippen LogP contribution in [0.15, 0.2) is 3.21 Å². The van der Waals surface area contributed by atoms with Gasteiger partial charge in [0, 0.05) is 0 Å². The Balaban J connectivity index is 0. The van der Waals surface area contributed by atoms with E-state index >= 15 is 0 Å². The molecule has 0 aromatic carbocycles. The van der Waals surface area contributed by atoms with Gasteiger partial charge in [-0.3, -0.25) is 0 Å². The van der Waals surface area contributed by atoms with Gasteiger partial charge in [0.1, 0.15) is 0 Å². The maximum Gasteiger partial charge on any atom is -0.813 e. The van der Waals surface area contributed by atoms with Crippen LogP contribution in [0.2, 0.25) is 0 Å². The first kappa shape index (κ1) is 9.11. The molecule has 0 rings (SSSR count). The smallest absolute Gasteiger partial charge is 0.813 e. The molecule has 0 unspecified atom stereocenters. The number of isocyanates is 1. The molecule has 4 heteroatoms. The van der Waals surface area contributed by atoms with Crippen LogP contribution in [-0.4, -0.2) is 28.9 Å². The van der Waals surface area contributed by atoms with Gasteiger partial charge >= 0.3 is 36.9 Å². The van der Waals surface area contributed by atoms with Gasteiger partial charge in [-0.25, -0.2) is 0 Å². The Morgan fingerprint density at radius 3 is 2.00 bits per heavy atom. The fraction of sp³-hybridized carbons (Fsp3) is 0. The number of rotatable bonds is 0. The summed E-state index contributed by atoms with van der Waals surface area (Å²) < 4.78 is 3.02. The van der Waals surface area contributed by atoms with Crippen molar-refractivity contribution in [3.63, 3.8) is 0 Å². The second-order valence-electron chi connectivity index (χ2n) is 0.203. The molecule has 2 radical (unpaired) electrons. The Hall–Kier alpha value is 0.529. The van der Waals surface area contributed by atoms with E-state index < -0.39 is 0 Å². The van der Waals surface area contributed by atoms with Crippen LogP contribution in [0.4, 0.5) is 0 Å². The van der Waals surface area contributed by atoms with Crippen molar-refractivity contribution in [1.82, 2.24) is 0 Å². The summed E-state index contributed by atoms with van der Waals surface area (Å²) in [5.41, 5.74) is 0. The number of hydrogen-bond donors (Lipinski definition) is 0. The second-order valence-corrected chi connectivity index (χ2v) is 0.841. The average Bonchev–Trinajstić information content (AvgIpc) is 1.37. The van der Waals surface area contributed by atoms with E-state index in [1.165, 1.54) is 6.08 Å². The summed E-state index contributed by atoms with van der Waals surface area (Å²) in [5, 5.41) is 0. The van der Waals surface area contributed by atoms with Crippen molar-refractivity contribution < 1.29 is 4.79 Å². The van der Waals surface area contributed by atoms with E-state index in [9.17, 15) is 0 Å². The molecule has 0 aliphatic heterocycles. The first-order valence-electron chi connectivity index (χ1n) is 0.651. The van der Waals surface area contributed by atoms with Gasteiger partial charge in [-0.2, -0.15) is 0 Å². The summed E-state index contributed by atoms with van der Waals surface area (Å²) in [5.74, 6) is 0. The molecule has 0 aromatic heterocycles. The van der Waals surface area contributed by atoms with Gasteiger partial charge in [0.2, 0.25) is 0 Å². The summed E-state index contributed by atoms with van der Waals surface area (Å²) >= 11 is 0.869. The minimum Gasteiger partial charge on any atom is -0.813 e. The van der Waals surface area contributed by atoms with Crippen LogP contribution in [0.1, 0.15) is 0 Å². The molecular weight excluding hydrogens is 193 g/mol. The Morgan fingerprint density at radius 2 is 2.00 bits per heavy atom. The molecule has 2 nitrogen and oxygen atoms in total. The molecule has 0 N–H and O–H groups in total. The van der Waals surface area contributed by atoms with Crippen LogP contribution >= 0.6 is 0 Å². The van der Waals surface area contributed by atoms with Crippen molar-refractivity contribution in [3.8, 4) is 0 Å².